The summed E-state index contributed by atoms with van der Waals surface area (Å²) in [4.78, 5) is 39.2. The monoisotopic (exact) mass is 623 g/mol. The Bertz CT molecular complexity index is 1550. The number of aryl methyl sites for hydroxylation is 1. The molecule has 1 aromatic heterocycles. The number of rotatable bonds is 12. The molecule has 1 saturated heterocycles. The first-order chi connectivity index (χ1) is 22.4. The van der Waals surface area contributed by atoms with Crippen LogP contribution in [0.3, 0.4) is 0 Å². The number of carbonyl (C=O) groups is 3. The number of nitrogens with zero attached hydrogens (tertiary/aromatic N) is 3. The number of urea groups is 1. The predicted octanol–water partition coefficient (Wildman–Crippen LogP) is 3.76. The van der Waals surface area contributed by atoms with Gasteiger partial charge in [0.15, 0.2) is 5.82 Å². The van der Waals surface area contributed by atoms with E-state index in [0.29, 0.717) is 37.5 Å². The number of morpholine rings is 1. The summed E-state index contributed by atoms with van der Waals surface area (Å²) in [6, 6.07) is 27.8. The highest BCUT2D eigenvalue weighted by Crippen LogP contribution is 2.30. The lowest BCUT2D eigenvalue weighted by Crippen LogP contribution is -2.53. The van der Waals surface area contributed by atoms with Crippen LogP contribution in [-0.4, -0.2) is 71.2 Å². The number of para-hydroxylation sites is 1. The van der Waals surface area contributed by atoms with E-state index in [-0.39, 0.29) is 18.7 Å². The van der Waals surface area contributed by atoms with E-state index in [2.05, 4.69) is 26.1 Å². The molecule has 0 spiro atoms. The summed E-state index contributed by atoms with van der Waals surface area (Å²) in [6.45, 7) is 1.22. The molecule has 0 bridgehead atoms. The van der Waals surface area contributed by atoms with Crippen molar-refractivity contribution in [2.45, 2.75) is 36.9 Å². The zero-order chi connectivity index (χ0) is 32.3. The van der Waals surface area contributed by atoms with E-state index in [9.17, 15) is 19.5 Å². The van der Waals surface area contributed by atoms with Gasteiger partial charge in [0.05, 0.1) is 12.7 Å². The van der Waals surface area contributed by atoms with Crippen LogP contribution in [0.25, 0.3) is 0 Å². The third-order valence-corrected chi connectivity index (χ3v) is 7.89. The van der Waals surface area contributed by atoms with Crippen molar-refractivity contribution in [3.8, 4) is 0 Å². The van der Waals surface area contributed by atoms with Crippen LogP contribution in [0.1, 0.15) is 29.0 Å². The number of ether oxygens (including phenoxy) is 1. The smallest absolute Gasteiger partial charge is 0.405 e. The van der Waals surface area contributed by atoms with Crippen LogP contribution in [0, 0.1) is 0 Å². The molecule has 4 amide bonds. The predicted molar refractivity (Wildman–Crippen MR) is 174 cm³/mol. The van der Waals surface area contributed by atoms with Crippen molar-refractivity contribution in [1.29, 1.82) is 0 Å². The Morgan fingerprint density at radius 2 is 1.63 bits per heavy atom. The molecule has 46 heavy (non-hydrogen) atoms. The number of carbonyl (C=O) groups excluding carboxylic acids is 2. The minimum absolute atomic E-state index is 0.0967. The molecular weight excluding hydrogens is 586 g/mol. The molecule has 0 radical (unpaired) electrons. The highest BCUT2D eigenvalue weighted by molar-refractivity contribution is 5.98. The maximum atomic E-state index is 13.9. The second-order valence-electron chi connectivity index (χ2n) is 11.0. The van der Waals surface area contributed by atoms with Gasteiger partial charge in [-0.05, 0) is 47.7 Å². The lowest BCUT2D eigenvalue weighted by Gasteiger charge is -2.33. The molecule has 0 saturated carbocycles. The Hall–Kier alpha value is -5.33. The van der Waals surface area contributed by atoms with Crippen molar-refractivity contribution in [2.75, 3.05) is 29.9 Å². The minimum Gasteiger partial charge on any atom is -0.465 e. The molecular formula is C34H37N7O5. The van der Waals surface area contributed by atoms with Gasteiger partial charge in [-0.1, -0.05) is 78.9 Å². The zero-order valence-electron chi connectivity index (χ0n) is 25.2. The first-order valence-corrected chi connectivity index (χ1v) is 15.1. The van der Waals surface area contributed by atoms with Gasteiger partial charge in [0, 0.05) is 36.9 Å². The first-order valence-electron chi connectivity index (χ1n) is 15.1. The van der Waals surface area contributed by atoms with Crippen molar-refractivity contribution in [1.82, 2.24) is 20.8 Å². The van der Waals surface area contributed by atoms with Crippen LogP contribution in [-0.2, 0) is 16.0 Å². The average Bonchev–Trinajstić information content (AvgIpc) is 3.08. The fourth-order valence-corrected chi connectivity index (χ4v) is 5.64. The molecule has 1 aliphatic rings. The van der Waals surface area contributed by atoms with Gasteiger partial charge in [-0.3, -0.25) is 9.69 Å². The van der Waals surface area contributed by atoms with E-state index in [4.69, 9.17) is 10.5 Å². The molecule has 6 N–H and O–H groups in total. The Labute approximate surface area is 267 Å². The normalized spacial score (nSPS) is 16.7. The van der Waals surface area contributed by atoms with Crippen molar-refractivity contribution in [2.24, 2.45) is 5.73 Å². The summed E-state index contributed by atoms with van der Waals surface area (Å²) < 4.78 is 6.12. The molecule has 0 unspecified atom stereocenters. The standard InChI is InChI=1S/C34H37N7O5/c35-33(43)41(29-16-9-19-37-40-29)21-26-22-46-27(20-36-26)18-17-23-10-7-8-15-28(23)38-32(42)31(39-34(44)45)30(24-11-3-1-4-12-24)25-13-5-2-6-14-25/h1-16,19,26-27,30-31,36,39H,17-18,20-22H2,(H2,35,43)(H,38,42)(H,44,45)/t26-,27-,31+/m1/s1. The van der Waals surface area contributed by atoms with Gasteiger partial charge >= 0.3 is 12.1 Å². The Balaban J connectivity index is 1.23. The number of amides is 4. The number of nitrogens with one attached hydrogen (secondary N) is 3. The van der Waals surface area contributed by atoms with E-state index < -0.39 is 30.0 Å². The van der Waals surface area contributed by atoms with Crippen LogP contribution in [0.15, 0.2) is 103 Å². The largest absolute Gasteiger partial charge is 0.465 e. The van der Waals surface area contributed by atoms with Crippen molar-refractivity contribution >= 4 is 29.5 Å². The van der Waals surface area contributed by atoms with Gasteiger partial charge in [0.25, 0.3) is 0 Å². The van der Waals surface area contributed by atoms with Gasteiger partial charge in [0.1, 0.15) is 6.04 Å². The summed E-state index contributed by atoms with van der Waals surface area (Å²) in [7, 11) is 0. The number of hydrogen-bond acceptors (Lipinski definition) is 7. The van der Waals surface area contributed by atoms with Gasteiger partial charge < -0.3 is 31.5 Å². The third kappa shape index (κ3) is 8.43. The Kier molecular flexibility index (Phi) is 10.9. The van der Waals surface area contributed by atoms with Crippen molar-refractivity contribution < 1.29 is 24.2 Å². The maximum absolute atomic E-state index is 13.9. The molecule has 5 rings (SSSR count). The molecule has 238 valence electrons. The lowest BCUT2D eigenvalue weighted by molar-refractivity contribution is -0.118. The SMILES string of the molecule is NC(=O)N(C[C@@H]1CO[C@H](CCc2ccccc2NC(=O)[C@@H](NC(=O)O)C(c2ccccc2)c2ccccc2)CN1)c1cccnn1. The average molecular weight is 624 g/mol. The number of nitrogens with two attached hydrogens (primary N) is 1. The van der Waals surface area contributed by atoms with Crippen LogP contribution in [0.4, 0.5) is 21.1 Å². The topological polar surface area (TPSA) is 172 Å². The second kappa shape index (κ2) is 15.6. The Morgan fingerprint density at radius 3 is 2.22 bits per heavy atom. The number of benzene rings is 3. The molecule has 1 fully saturated rings. The van der Waals surface area contributed by atoms with Crippen LogP contribution in [0.5, 0.6) is 0 Å². The first kappa shape index (κ1) is 32.1. The van der Waals surface area contributed by atoms with Gasteiger partial charge in [-0.15, -0.1) is 5.10 Å². The molecule has 0 aliphatic carbocycles. The van der Waals surface area contributed by atoms with Gasteiger partial charge in [-0.25, -0.2) is 9.59 Å². The molecule has 12 heteroatoms. The van der Waals surface area contributed by atoms with E-state index in [0.717, 1.165) is 16.7 Å². The summed E-state index contributed by atoms with van der Waals surface area (Å²) in [5.41, 5.74) is 8.70. The fourth-order valence-electron chi connectivity index (χ4n) is 5.64. The molecule has 2 heterocycles. The molecule has 3 aromatic carbocycles. The highest BCUT2D eigenvalue weighted by atomic mass is 16.5. The Morgan fingerprint density at radius 1 is 0.957 bits per heavy atom. The quantitative estimate of drug-likeness (QED) is 0.159. The summed E-state index contributed by atoms with van der Waals surface area (Å²) in [5, 5.41) is 26.4. The van der Waals surface area contributed by atoms with Crippen LogP contribution >= 0.6 is 0 Å². The molecule has 3 atom stereocenters. The van der Waals surface area contributed by atoms with Crippen LogP contribution < -0.4 is 26.6 Å². The second-order valence-corrected chi connectivity index (χ2v) is 11.0. The maximum Gasteiger partial charge on any atom is 0.405 e. The van der Waals surface area contributed by atoms with E-state index in [1.807, 2.05) is 84.9 Å². The van der Waals surface area contributed by atoms with E-state index >= 15 is 0 Å². The summed E-state index contributed by atoms with van der Waals surface area (Å²) in [6.07, 6.45) is 1.42. The fraction of sp³-hybridized carbons (Fsp3) is 0.265. The summed E-state index contributed by atoms with van der Waals surface area (Å²) >= 11 is 0. The molecule has 1 aliphatic heterocycles. The number of hydrogen-bond donors (Lipinski definition) is 5. The molecule has 12 nitrogen and oxygen atoms in total. The van der Waals surface area contributed by atoms with Crippen molar-refractivity contribution in [3.05, 3.63) is 120 Å². The van der Waals surface area contributed by atoms with Crippen LogP contribution in [0.2, 0.25) is 0 Å². The number of carboxylic acid groups (broad SMARTS) is 1. The lowest BCUT2D eigenvalue weighted by atomic mass is 9.84. The van der Waals surface area contributed by atoms with Crippen molar-refractivity contribution in [3.63, 3.8) is 0 Å². The number of primary amides is 1. The number of anilines is 2. The van der Waals surface area contributed by atoms with Gasteiger partial charge in [0.2, 0.25) is 5.91 Å². The highest BCUT2D eigenvalue weighted by Gasteiger charge is 2.33. The molecule has 4 aromatic rings. The van der Waals surface area contributed by atoms with Gasteiger partial charge in [-0.2, -0.15) is 5.10 Å². The minimum atomic E-state index is -1.29. The van der Waals surface area contributed by atoms with E-state index in [1.165, 1.54) is 11.1 Å². The summed E-state index contributed by atoms with van der Waals surface area (Å²) in [5.74, 6) is -0.648. The zero-order valence-corrected chi connectivity index (χ0v) is 25.2. The van der Waals surface area contributed by atoms with E-state index in [1.54, 1.807) is 12.1 Å². The third-order valence-electron chi connectivity index (χ3n) is 7.89. The number of aromatic nitrogens is 2.